The molecule has 1 heterocycles. The Hall–Kier alpha value is -4.27. The van der Waals surface area contributed by atoms with E-state index in [9.17, 15) is 9.59 Å². The molecule has 160 valence electrons. The number of rotatable bonds is 8. The molecular formula is C22H22N4O5. The maximum absolute atomic E-state index is 12.2. The summed E-state index contributed by atoms with van der Waals surface area (Å²) < 4.78 is 15.6. The maximum Gasteiger partial charge on any atom is 0.319 e. The number of nitrogens with zero attached hydrogens (tertiary/aromatic N) is 1. The lowest BCUT2D eigenvalue weighted by atomic mass is 10.2. The highest BCUT2D eigenvalue weighted by atomic mass is 16.5. The summed E-state index contributed by atoms with van der Waals surface area (Å²) in [6.45, 7) is 0.275. The standard InChI is InChI=1S/C22H22N4O5/c1-29-19-10-5-15(12-20(19)30-2)13-24-26-21(27)16-6-8-17(9-7-16)25-22(28)23-14-18-4-3-11-31-18/h3-13H,14H2,1-2H3,(H,26,27)(H2,23,25,28)/b24-13+. The summed E-state index contributed by atoms with van der Waals surface area (Å²) in [5.74, 6) is 1.43. The van der Waals surface area contributed by atoms with Crippen molar-refractivity contribution in [1.29, 1.82) is 0 Å². The number of carbonyl (C=O) groups is 2. The second kappa shape index (κ2) is 10.5. The van der Waals surface area contributed by atoms with Crippen molar-refractivity contribution in [2.45, 2.75) is 6.54 Å². The molecular weight excluding hydrogens is 400 g/mol. The van der Waals surface area contributed by atoms with Crippen LogP contribution in [0.4, 0.5) is 10.5 Å². The quantitative estimate of drug-likeness (QED) is 0.380. The van der Waals surface area contributed by atoms with Gasteiger partial charge in [0.15, 0.2) is 11.5 Å². The molecule has 2 aromatic carbocycles. The van der Waals surface area contributed by atoms with Gasteiger partial charge < -0.3 is 24.5 Å². The summed E-state index contributed by atoms with van der Waals surface area (Å²) in [4.78, 5) is 24.2. The van der Waals surface area contributed by atoms with Crippen LogP contribution < -0.4 is 25.5 Å². The Labute approximate surface area is 179 Å². The van der Waals surface area contributed by atoms with Crippen molar-refractivity contribution in [2.75, 3.05) is 19.5 Å². The number of benzene rings is 2. The zero-order valence-corrected chi connectivity index (χ0v) is 17.0. The highest BCUT2D eigenvalue weighted by Gasteiger charge is 2.07. The third-order valence-electron chi connectivity index (χ3n) is 4.20. The van der Waals surface area contributed by atoms with Crippen LogP contribution in [0, 0.1) is 0 Å². The Morgan fingerprint density at radius 1 is 1.03 bits per heavy atom. The van der Waals surface area contributed by atoms with Crippen molar-refractivity contribution < 1.29 is 23.5 Å². The van der Waals surface area contributed by atoms with E-state index in [1.165, 1.54) is 12.5 Å². The molecule has 0 bridgehead atoms. The average molecular weight is 422 g/mol. The maximum atomic E-state index is 12.2. The normalized spacial score (nSPS) is 10.5. The molecule has 0 aliphatic carbocycles. The highest BCUT2D eigenvalue weighted by Crippen LogP contribution is 2.26. The van der Waals surface area contributed by atoms with E-state index in [1.807, 2.05) is 0 Å². The largest absolute Gasteiger partial charge is 0.493 e. The number of furan rings is 1. The fourth-order valence-corrected chi connectivity index (χ4v) is 2.62. The molecule has 31 heavy (non-hydrogen) atoms. The number of ether oxygens (including phenoxy) is 2. The summed E-state index contributed by atoms with van der Waals surface area (Å²) in [7, 11) is 3.10. The van der Waals surface area contributed by atoms with Crippen LogP contribution in [-0.4, -0.2) is 32.4 Å². The van der Waals surface area contributed by atoms with E-state index < -0.39 is 0 Å². The fraction of sp³-hybridized carbons (Fsp3) is 0.136. The van der Waals surface area contributed by atoms with Gasteiger partial charge in [0.05, 0.1) is 33.2 Å². The van der Waals surface area contributed by atoms with E-state index in [4.69, 9.17) is 13.9 Å². The number of nitrogens with one attached hydrogen (secondary N) is 3. The minimum Gasteiger partial charge on any atom is -0.493 e. The first-order valence-electron chi connectivity index (χ1n) is 9.32. The van der Waals surface area contributed by atoms with Gasteiger partial charge in [-0.05, 0) is 60.2 Å². The van der Waals surface area contributed by atoms with Crippen LogP contribution >= 0.6 is 0 Å². The first-order chi connectivity index (χ1) is 15.1. The molecule has 0 fully saturated rings. The third-order valence-corrected chi connectivity index (χ3v) is 4.20. The minimum absolute atomic E-state index is 0.275. The molecule has 0 saturated heterocycles. The van der Waals surface area contributed by atoms with Gasteiger partial charge in [0.1, 0.15) is 5.76 Å². The molecule has 1 aromatic heterocycles. The Morgan fingerprint density at radius 3 is 2.48 bits per heavy atom. The van der Waals surface area contributed by atoms with Crippen LogP contribution in [0.15, 0.2) is 70.4 Å². The van der Waals surface area contributed by atoms with E-state index in [0.29, 0.717) is 28.5 Å². The van der Waals surface area contributed by atoms with E-state index in [1.54, 1.807) is 68.8 Å². The second-order valence-electron chi connectivity index (χ2n) is 6.28. The zero-order valence-electron chi connectivity index (χ0n) is 17.0. The van der Waals surface area contributed by atoms with Gasteiger partial charge in [-0.25, -0.2) is 10.2 Å². The lowest BCUT2D eigenvalue weighted by Gasteiger charge is -2.08. The smallest absolute Gasteiger partial charge is 0.319 e. The summed E-state index contributed by atoms with van der Waals surface area (Å²) in [6, 6.07) is 14.8. The molecule has 3 amide bonds. The molecule has 0 radical (unpaired) electrons. The second-order valence-corrected chi connectivity index (χ2v) is 6.28. The van der Waals surface area contributed by atoms with Crippen LogP contribution in [0.3, 0.4) is 0 Å². The molecule has 0 aliphatic rings. The number of hydrogen-bond acceptors (Lipinski definition) is 6. The molecule has 9 heteroatoms. The zero-order chi connectivity index (χ0) is 22.1. The molecule has 9 nitrogen and oxygen atoms in total. The van der Waals surface area contributed by atoms with Crippen molar-refractivity contribution >= 4 is 23.8 Å². The predicted molar refractivity (Wildman–Crippen MR) is 116 cm³/mol. The van der Waals surface area contributed by atoms with E-state index in [0.717, 1.165) is 5.56 Å². The topological polar surface area (TPSA) is 114 Å². The fourth-order valence-electron chi connectivity index (χ4n) is 2.62. The SMILES string of the molecule is COc1ccc(/C=N/NC(=O)c2ccc(NC(=O)NCc3ccco3)cc2)cc1OC. The minimum atomic E-state index is -0.384. The average Bonchev–Trinajstić information content (AvgIpc) is 3.31. The Kier molecular flexibility index (Phi) is 7.26. The summed E-state index contributed by atoms with van der Waals surface area (Å²) in [6.07, 6.45) is 3.04. The molecule has 0 spiro atoms. The van der Waals surface area contributed by atoms with Gasteiger partial charge in [0.2, 0.25) is 0 Å². The lowest BCUT2D eigenvalue weighted by molar-refractivity contribution is 0.0955. The van der Waals surface area contributed by atoms with Gasteiger partial charge in [-0.15, -0.1) is 0 Å². The molecule has 3 aromatic rings. The van der Waals surface area contributed by atoms with Gasteiger partial charge in [0.25, 0.3) is 5.91 Å². The number of amides is 3. The molecule has 3 rings (SSSR count). The van der Waals surface area contributed by atoms with Crippen LogP contribution in [0.5, 0.6) is 11.5 Å². The van der Waals surface area contributed by atoms with Gasteiger partial charge in [-0.2, -0.15) is 5.10 Å². The van der Waals surface area contributed by atoms with Crippen molar-refractivity contribution in [3.8, 4) is 11.5 Å². The van der Waals surface area contributed by atoms with Crippen LogP contribution in [0.2, 0.25) is 0 Å². The highest BCUT2D eigenvalue weighted by molar-refractivity contribution is 5.96. The Balaban J connectivity index is 1.50. The third kappa shape index (κ3) is 6.10. The number of anilines is 1. The van der Waals surface area contributed by atoms with E-state index >= 15 is 0 Å². The molecule has 0 atom stereocenters. The predicted octanol–water partition coefficient (Wildman–Crippen LogP) is 3.38. The van der Waals surface area contributed by atoms with Crippen LogP contribution in [0.1, 0.15) is 21.7 Å². The monoisotopic (exact) mass is 422 g/mol. The number of urea groups is 1. The van der Waals surface area contributed by atoms with Gasteiger partial charge in [-0.3, -0.25) is 4.79 Å². The van der Waals surface area contributed by atoms with Crippen molar-refractivity contribution in [3.63, 3.8) is 0 Å². The first kappa shape index (κ1) is 21.4. The first-order valence-corrected chi connectivity index (χ1v) is 9.32. The number of carbonyl (C=O) groups excluding carboxylic acids is 2. The van der Waals surface area contributed by atoms with E-state index in [-0.39, 0.29) is 18.5 Å². The number of hydrazone groups is 1. The van der Waals surface area contributed by atoms with Crippen molar-refractivity contribution in [3.05, 3.63) is 77.7 Å². The van der Waals surface area contributed by atoms with Gasteiger partial charge >= 0.3 is 6.03 Å². The van der Waals surface area contributed by atoms with Gasteiger partial charge in [0, 0.05) is 11.3 Å². The van der Waals surface area contributed by atoms with E-state index in [2.05, 4.69) is 21.2 Å². The molecule has 0 saturated carbocycles. The van der Waals surface area contributed by atoms with Gasteiger partial charge in [-0.1, -0.05) is 0 Å². The number of methoxy groups -OCH3 is 2. The Morgan fingerprint density at radius 2 is 1.81 bits per heavy atom. The molecule has 0 unspecified atom stereocenters. The molecule has 0 aliphatic heterocycles. The van der Waals surface area contributed by atoms with Crippen LogP contribution in [0.25, 0.3) is 0 Å². The summed E-state index contributed by atoms with van der Waals surface area (Å²) >= 11 is 0. The summed E-state index contributed by atoms with van der Waals surface area (Å²) in [5.41, 5.74) is 4.13. The molecule has 3 N–H and O–H groups in total. The van der Waals surface area contributed by atoms with Crippen LogP contribution in [-0.2, 0) is 6.54 Å². The van der Waals surface area contributed by atoms with Crippen molar-refractivity contribution in [2.24, 2.45) is 5.10 Å². The Bertz CT molecular complexity index is 1050. The number of hydrogen-bond donors (Lipinski definition) is 3. The van der Waals surface area contributed by atoms with Crippen molar-refractivity contribution in [1.82, 2.24) is 10.7 Å². The lowest BCUT2D eigenvalue weighted by Crippen LogP contribution is -2.28. The summed E-state index contributed by atoms with van der Waals surface area (Å²) in [5, 5.41) is 9.31.